The average Bonchev–Trinajstić information content (AvgIpc) is 3.39. The predicted molar refractivity (Wildman–Crippen MR) is 107 cm³/mol. The van der Waals surface area contributed by atoms with E-state index in [-0.39, 0.29) is 16.5 Å². The van der Waals surface area contributed by atoms with Crippen LogP contribution in [0.4, 0.5) is 11.4 Å². The second-order valence-corrected chi connectivity index (χ2v) is 8.01. The Hall–Kier alpha value is -2.78. The number of aromatic nitrogens is 1. The van der Waals surface area contributed by atoms with Crippen LogP contribution in [0.5, 0.6) is 0 Å². The lowest BCUT2D eigenvalue weighted by atomic mass is 10.2. The Kier molecular flexibility index (Phi) is 4.87. The molecule has 3 aromatic rings. The van der Waals surface area contributed by atoms with Gasteiger partial charge in [0.05, 0.1) is 16.0 Å². The van der Waals surface area contributed by atoms with Gasteiger partial charge in [-0.2, -0.15) is 0 Å². The number of piperazine rings is 1. The van der Waals surface area contributed by atoms with Crippen molar-refractivity contribution in [2.75, 3.05) is 31.1 Å². The van der Waals surface area contributed by atoms with Gasteiger partial charge < -0.3 is 9.80 Å². The van der Waals surface area contributed by atoms with E-state index >= 15 is 0 Å². The number of nitro benzene ring substituents is 1. The first-order valence-electron chi connectivity index (χ1n) is 8.41. The van der Waals surface area contributed by atoms with Gasteiger partial charge in [-0.3, -0.25) is 14.9 Å². The second kappa shape index (κ2) is 7.45. The first kappa shape index (κ1) is 17.6. The average molecular weight is 400 g/mol. The Bertz CT molecular complexity index is 963. The number of thiophene rings is 1. The number of nitro groups is 1. The van der Waals surface area contributed by atoms with Crippen molar-refractivity contribution in [1.29, 1.82) is 0 Å². The minimum absolute atomic E-state index is 0.0301. The van der Waals surface area contributed by atoms with Crippen molar-refractivity contribution in [2.24, 2.45) is 0 Å². The lowest BCUT2D eigenvalue weighted by Gasteiger charge is -2.35. The summed E-state index contributed by atoms with van der Waals surface area (Å²) in [5.41, 5.74) is 0.702. The summed E-state index contributed by atoms with van der Waals surface area (Å²) in [6.07, 6.45) is 1.64. The molecule has 27 heavy (non-hydrogen) atoms. The highest BCUT2D eigenvalue weighted by atomic mass is 32.1. The Balaban J connectivity index is 1.44. The van der Waals surface area contributed by atoms with E-state index in [2.05, 4.69) is 4.98 Å². The van der Waals surface area contributed by atoms with E-state index in [1.165, 1.54) is 17.4 Å². The third-order valence-corrected chi connectivity index (χ3v) is 6.46. The van der Waals surface area contributed by atoms with Gasteiger partial charge in [0, 0.05) is 32.2 Å². The highest BCUT2D eigenvalue weighted by molar-refractivity contribution is 7.21. The number of carbonyl (C=O) groups is 1. The van der Waals surface area contributed by atoms with Gasteiger partial charge in [0.25, 0.3) is 11.6 Å². The van der Waals surface area contributed by atoms with Gasteiger partial charge in [0.2, 0.25) is 0 Å². The van der Waals surface area contributed by atoms with Crippen molar-refractivity contribution in [3.63, 3.8) is 0 Å². The summed E-state index contributed by atoms with van der Waals surface area (Å²) in [4.78, 5) is 33.4. The largest absolute Gasteiger partial charge is 0.362 e. The monoisotopic (exact) mass is 400 g/mol. The summed E-state index contributed by atoms with van der Waals surface area (Å²) >= 11 is 3.00. The quantitative estimate of drug-likeness (QED) is 0.492. The van der Waals surface area contributed by atoms with Crippen LogP contribution in [-0.4, -0.2) is 46.9 Å². The zero-order valence-electron chi connectivity index (χ0n) is 14.3. The van der Waals surface area contributed by atoms with Crippen molar-refractivity contribution in [1.82, 2.24) is 9.88 Å². The van der Waals surface area contributed by atoms with Crippen molar-refractivity contribution in [2.45, 2.75) is 0 Å². The van der Waals surface area contributed by atoms with Crippen LogP contribution in [0.15, 0.2) is 48.0 Å². The Morgan fingerprint density at radius 3 is 2.59 bits per heavy atom. The minimum Gasteiger partial charge on any atom is -0.362 e. The third kappa shape index (κ3) is 3.56. The van der Waals surface area contributed by atoms with Gasteiger partial charge in [-0.1, -0.05) is 18.2 Å². The molecule has 9 heteroatoms. The van der Waals surface area contributed by atoms with E-state index in [1.807, 2.05) is 22.4 Å². The Morgan fingerprint density at radius 2 is 1.89 bits per heavy atom. The zero-order valence-corrected chi connectivity index (χ0v) is 15.9. The third-order valence-electron chi connectivity index (χ3n) is 4.43. The van der Waals surface area contributed by atoms with Gasteiger partial charge in [-0.15, -0.1) is 22.7 Å². The lowest BCUT2D eigenvalue weighted by molar-refractivity contribution is -0.384. The number of anilines is 1. The molecule has 0 saturated carbocycles. The van der Waals surface area contributed by atoms with E-state index in [0.29, 0.717) is 36.7 Å². The molecule has 1 amide bonds. The normalized spacial score (nSPS) is 14.4. The fraction of sp³-hybridized carbons (Fsp3) is 0.222. The SMILES string of the molecule is O=C(c1cnc(-c2cccs2)s1)N1CCN(c2ccccc2[N+](=O)[O-])CC1. The van der Waals surface area contributed by atoms with Crippen molar-refractivity contribution in [3.8, 4) is 9.88 Å². The maximum absolute atomic E-state index is 12.8. The summed E-state index contributed by atoms with van der Waals surface area (Å²) in [5, 5.41) is 14.1. The number of thiazole rings is 1. The number of hydrogen-bond donors (Lipinski definition) is 0. The van der Waals surface area contributed by atoms with E-state index in [1.54, 1.807) is 40.6 Å². The highest BCUT2D eigenvalue weighted by Gasteiger charge is 2.27. The maximum Gasteiger partial charge on any atom is 0.292 e. The van der Waals surface area contributed by atoms with E-state index in [9.17, 15) is 14.9 Å². The molecule has 0 radical (unpaired) electrons. The summed E-state index contributed by atoms with van der Waals surface area (Å²) in [6, 6.07) is 10.7. The predicted octanol–water partition coefficient (Wildman–Crippen LogP) is 3.74. The van der Waals surface area contributed by atoms with Crippen LogP contribution >= 0.6 is 22.7 Å². The topological polar surface area (TPSA) is 79.6 Å². The Morgan fingerprint density at radius 1 is 1.11 bits per heavy atom. The summed E-state index contributed by atoms with van der Waals surface area (Å²) in [5.74, 6) is -0.0301. The van der Waals surface area contributed by atoms with Crippen LogP contribution in [0.2, 0.25) is 0 Å². The van der Waals surface area contributed by atoms with Crippen LogP contribution in [0.3, 0.4) is 0 Å². The van der Waals surface area contributed by atoms with E-state index in [4.69, 9.17) is 0 Å². The number of hydrogen-bond acceptors (Lipinski definition) is 7. The van der Waals surface area contributed by atoms with Gasteiger partial charge in [0.1, 0.15) is 15.6 Å². The molecule has 2 aromatic heterocycles. The highest BCUT2D eigenvalue weighted by Crippen LogP contribution is 2.31. The second-order valence-electron chi connectivity index (χ2n) is 6.03. The molecule has 0 spiro atoms. The van der Waals surface area contributed by atoms with Crippen LogP contribution in [-0.2, 0) is 0 Å². The summed E-state index contributed by atoms with van der Waals surface area (Å²) in [6.45, 7) is 2.18. The smallest absolute Gasteiger partial charge is 0.292 e. The molecule has 0 aliphatic carbocycles. The van der Waals surface area contributed by atoms with Crippen molar-refractivity contribution in [3.05, 3.63) is 63.0 Å². The maximum atomic E-state index is 12.8. The van der Waals surface area contributed by atoms with Crippen LogP contribution in [0.1, 0.15) is 9.67 Å². The fourth-order valence-corrected chi connectivity index (χ4v) is 4.77. The molecule has 0 N–H and O–H groups in total. The van der Waals surface area contributed by atoms with Gasteiger partial charge in [0.15, 0.2) is 0 Å². The van der Waals surface area contributed by atoms with E-state index in [0.717, 1.165) is 9.88 Å². The molecule has 0 unspecified atom stereocenters. The molecule has 3 heterocycles. The van der Waals surface area contributed by atoms with Crippen LogP contribution in [0.25, 0.3) is 9.88 Å². The molecule has 1 fully saturated rings. The van der Waals surface area contributed by atoms with E-state index < -0.39 is 0 Å². The Labute approximate surface area is 163 Å². The van der Waals surface area contributed by atoms with Gasteiger partial charge in [-0.25, -0.2) is 4.98 Å². The number of para-hydroxylation sites is 2. The molecule has 0 bridgehead atoms. The van der Waals surface area contributed by atoms with Crippen LogP contribution < -0.4 is 4.90 Å². The first-order valence-corrected chi connectivity index (χ1v) is 10.1. The molecule has 7 nitrogen and oxygen atoms in total. The number of rotatable bonds is 4. The molecule has 4 rings (SSSR count). The van der Waals surface area contributed by atoms with Crippen LogP contribution in [0, 0.1) is 10.1 Å². The molecular formula is C18H16N4O3S2. The zero-order chi connectivity index (χ0) is 18.8. The number of benzene rings is 1. The summed E-state index contributed by atoms with van der Waals surface area (Å²) in [7, 11) is 0. The minimum atomic E-state index is -0.365. The standard InChI is InChI=1S/C18H16N4O3S2/c23-18(16-12-19-17(27-16)15-6-3-11-26-15)21-9-7-20(8-10-21)13-4-1-2-5-14(13)22(24)25/h1-6,11-12H,7-10H2. The molecule has 1 aromatic carbocycles. The first-order chi connectivity index (χ1) is 13.1. The number of amides is 1. The molecule has 1 saturated heterocycles. The molecule has 138 valence electrons. The molecule has 1 aliphatic rings. The number of nitrogens with zero attached hydrogens (tertiary/aromatic N) is 4. The van der Waals surface area contributed by atoms with Crippen molar-refractivity contribution >= 4 is 40.0 Å². The van der Waals surface area contributed by atoms with Crippen molar-refractivity contribution < 1.29 is 9.72 Å². The van der Waals surface area contributed by atoms with Gasteiger partial charge >= 0.3 is 0 Å². The molecule has 1 aliphatic heterocycles. The van der Waals surface area contributed by atoms with Gasteiger partial charge in [-0.05, 0) is 17.5 Å². The summed E-state index contributed by atoms with van der Waals surface area (Å²) < 4.78 is 0. The molecular weight excluding hydrogens is 384 g/mol. The number of carbonyl (C=O) groups excluding carboxylic acids is 1. The lowest BCUT2D eigenvalue weighted by Crippen LogP contribution is -2.48. The fourth-order valence-electron chi connectivity index (χ4n) is 3.08. The molecule has 0 atom stereocenters.